The second-order valence-corrected chi connectivity index (χ2v) is 4.96. The lowest BCUT2D eigenvalue weighted by molar-refractivity contribution is 0.561. The standard InChI is InChI=1S/C14H28N4/c1-3-4-5-6-7-8-9-11-15-12-10-14-16-13-18(2)17-14/h13,15H,3-12H2,1-2H3. The van der Waals surface area contributed by atoms with Gasteiger partial charge in [0.1, 0.15) is 6.33 Å². The molecule has 0 bridgehead atoms. The van der Waals surface area contributed by atoms with Crippen molar-refractivity contribution in [3.05, 3.63) is 12.2 Å². The fourth-order valence-corrected chi connectivity index (χ4v) is 2.03. The Morgan fingerprint density at radius 3 is 2.44 bits per heavy atom. The van der Waals surface area contributed by atoms with Gasteiger partial charge in [-0.15, -0.1) is 0 Å². The number of unbranched alkanes of at least 4 members (excludes halogenated alkanes) is 6. The van der Waals surface area contributed by atoms with Gasteiger partial charge in [0.15, 0.2) is 5.82 Å². The molecule has 1 heterocycles. The molecule has 1 rings (SSSR count). The van der Waals surface area contributed by atoms with Crippen LogP contribution in [0.2, 0.25) is 0 Å². The fourth-order valence-electron chi connectivity index (χ4n) is 2.03. The van der Waals surface area contributed by atoms with Crippen LogP contribution in [0.25, 0.3) is 0 Å². The molecule has 1 aromatic heterocycles. The van der Waals surface area contributed by atoms with E-state index in [1.165, 1.54) is 44.9 Å². The zero-order valence-electron chi connectivity index (χ0n) is 12.0. The summed E-state index contributed by atoms with van der Waals surface area (Å²) in [6, 6.07) is 0. The van der Waals surface area contributed by atoms with Crippen LogP contribution in [-0.4, -0.2) is 27.9 Å². The lowest BCUT2D eigenvalue weighted by Crippen LogP contribution is -2.19. The summed E-state index contributed by atoms with van der Waals surface area (Å²) in [6.45, 7) is 4.38. The Bertz CT molecular complexity index is 296. The summed E-state index contributed by atoms with van der Waals surface area (Å²) in [5.74, 6) is 0.935. The molecule has 0 aliphatic heterocycles. The number of hydrogen-bond donors (Lipinski definition) is 1. The van der Waals surface area contributed by atoms with Crippen molar-refractivity contribution < 1.29 is 0 Å². The summed E-state index contributed by atoms with van der Waals surface area (Å²) in [6.07, 6.45) is 12.3. The average molecular weight is 252 g/mol. The summed E-state index contributed by atoms with van der Waals surface area (Å²) in [5, 5.41) is 7.71. The molecule has 0 aromatic carbocycles. The van der Waals surface area contributed by atoms with Crippen molar-refractivity contribution in [2.45, 2.75) is 58.3 Å². The van der Waals surface area contributed by atoms with Crippen molar-refractivity contribution in [2.24, 2.45) is 7.05 Å². The molecule has 1 aromatic rings. The molecule has 0 spiro atoms. The van der Waals surface area contributed by atoms with Crippen LogP contribution < -0.4 is 5.32 Å². The molecule has 0 radical (unpaired) electrons. The largest absolute Gasteiger partial charge is 0.316 e. The molecule has 4 heteroatoms. The average Bonchev–Trinajstić information content (AvgIpc) is 2.77. The van der Waals surface area contributed by atoms with E-state index in [2.05, 4.69) is 22.3 Å². The van der Waals surface area contributed by atoms with E-state index in [0.717, 1.165) is 25.3 Å². The van der Waals surface area contributed by atoms with Crippen molar-refractivity contribution in [1.82, 2.24) is 20.1 Å². The van der Waals surface area contributed by atoms with E-state index in [-0.39, 0.29) is 0 Å². The minimum Gasteiger partial charge on any atom is -0.316 e. The maximum Gasteiger partial charge on any atom is 0.151 e. The molecule has 104 valence electrons. The van der Waals surface area contributed by atoms with Crippen LogP contribution in [-0.2, 0) is 13.5 Å². The Kier molecular flexibility index (Phi) is 8.47. The molecule has 18 heavy (non-hydrogen) atoms. The summed E-state index contributed by atoms with van der Waals surface area (Å²) >= 11 is 0. The van der Waals surface area contributed by atoms with E-state index < -0.39 is 0 Å². The van der Waals surface area contributed by atoms with Gasteiger partial charge in [-0.1, -0.05) is 45.4 Å². The highest BCUT2D eigenvalue weighted by atomic mass is 15.3. The normalized spacial score (nSPS) is 11.0. The summed E-state index contributed by atoms with van der Waals surface area (Å²) < 4.78 is 1.76. The Morgan fingerprint density at radius 1 is 1.06 bits per heavy atom. The van der Waals surface area contributed by atoms with Gasteiger partial charge in [-0.25, -0.2) is 4.98 Å². The van der Waals surface area contributed by atoms with Crippen LogP contribution in [0.5, 0.6) is 0 Å². The second kappa shape index (κ2) is 10.1. The molecular formula is C14H28N4. The van der Waals surface area contributed by atoms with Gasteiger partial charge < -0.3 is 5.32 Å². The van der Waals surface area contributed by atoms with E-state index in [0.29, 0.717) is 0 Å². The SMILES string of the molecule is CCCCCCCCCNCCc1ncn(C)n1. The number of nitrogens with one attached hydrogen (secondary N) is 1. The van der Waals surface area contributed by atoms with Crippen molar-refractivity contribution in [1.29, 1.82) is 0 Å². The van der Waals surface area contributed by atoms with Crippen LogP contribution in [0.15, 0.2) is 6.33 Å². The van der Waals surface area contributed by atoms with E-state index in [9.17, 15) is 0 Å². The first-order chi connectivity index (χ1) is 8.83. The van der Waals surface area contributed by atoms with Crippen molar-refractivity contribution >= 4 is 0 Å². The quantitative estimate of drug-likeness (QED) is 0.616. The molecule has 0 saturated carbocycles. The van der Waals surface area contributed by atoms with Crippen LogP contribution >= 0.6 is 0 Å². The maximum atomic E-state index is 4.25. The third-order valence-corrected chi connectivity index (χ3v) is 3.13. The van der Waals surface area contributed by atoms with Crippen molar-refractivity contribution in [2.75, 3.05) is 13.1 Å². The minimum absolute atomic E-state index is 0.928. The first kappa shape index (κ1) is 15.2. The monoisotopic (exact) mass is 252 g/mol. The zero-order chi connectivity index (χ0) is 13.1. The van der Waals surface area contributed by atoms with Crippen molar-refractivity contribution in [3.8, 4) is 0 Å². The van der Waals surface area contributed by atoms with Crippen LogP contribution in [0.3, 0.4) is 0 Å². The molecule has 0 aliphatic rings. The molecule has 0 atom stereocenters. The maximum absolute atomic E-state index is 4.25. The topological polar surface area (TPSA) is 42.7 Å². The number of nitrogens with zero attached hydrogens (tertiary/aromatic N) is 3. The molecule has 0 unspecified atom stereocenters. The third-order valence-electron chi connectivity index (χ3n) is 3.13. The molecule has 0 aliphatic carbocycles. The summed E-state index contributed by atoms with van der Waals surface area (Å²) in [5.41, 5.74) is 0. The first-order valence-electron chi connectivity index (χ1n) is 7.38. The van der Waals surface area contributed by atoms with Gasteiger partial charge in [0.05, 0.1) is 0 Å². The van der Waals surface area contributed by atoms with Gasteiger partial charge in [-0.3, -0.25) is 4.68 Å². The minimum atomic E-state index is 0.928. The smallest absolute Gasteiger partial charge is 0.151 e. The Hall–Kier alpha value is -0.900. The van der Waals surface area contributed by atoms with E-state index in [4.69, 9.17) is 0 Å². The van der Waals surface area contributed by atoms with E-state index in [1.54, 1.807) is 11.0 Å². The molecule has 1 N–H and O–H groups in total. The molecule has 0 fully saturated rings. The highest BCUT2D eigenvalue weighted by Crippen LogP contribution is 2.06. The van der Waals surface area contributed by atoms with E-state index in [1.807, 2.05) is 7.05 Å². The Balaban J connectivity index is 1.81. The lowest BCUT2D eigenvalue weighted by Gasteiger charge is -2.03. The number of aromatic nitrogens is 3. The van der Waals surface area contributed by atoms with Gasteiger partial charge in [-0.05, 0) is 13.0 Å². The second-order valence-electron chi connectivity index (χ2n) is 4.96. The Morgan fingerprint density at radius 2 is 1.78 bits per heavy atom. The van der Waals surface area contributed by atoms with Gasteiger partial charge in [-0.2, -0.15) is 5.10 Å². The lowest BCUT2D eigenvalue weighted by atomic mass is 10.1. The van der Waals surface area contributed by atoms with E-state index >= 15 is 0 Å². The fraction of sp³-hybridized carbons (Fsp3) is 0.857. The molecular weight excluding hydrogens is 224 g/mol. The predicted octanol–water partition coefficient (Wildman–Crippen LogP) is 2.70. The van der Waals surface area contributed by atoms with Crippen LogP contribution in [0.4, 0.5) is 0 Å². The van der Waals surface area contributed by atoms with Crippen LogP contribution in [0, 0.1) is 0 Å². The van der Waals surface area contributed by atoms with Crippen LogP contribution in [0.1, 0.15) is 57.7 Å². The zero-order valence-corrected chi connectivity index (χ0v) is 12.0. The molecule has 0 saturated heterocycles. The third kappa shape index (κ3) is 7.43. The first-order valence-corrected chi connectivity index (χ1v) is 7.38. The van der Waals surface area contributed by atoms with Gasteiger partial charge in [0.25, 0.3) is 0 Å². The Labute approximate surface area is 111 Å². The van der Waals surface area contributed by atoms with Gasteiger partial charge >= 0.3 is 0 Å². The number of aryl methyl sites for hydroxylation is 1. The number of rotatable bonds is 11. The summed E-state index contributed by atoms with van der Waals surface area (Å²) in [4.78, 5) is 4.20. The van der Waals surface area contributed by atoms with Crippen molar-refractivity contribution in [3.63, 3.8) is 0 Å². The molecule has 4 nitrogen and oxygen atoms in total. The van der Waals surface area contributed by atoms with Gasteiger partial charge in [0, 0.05) is 20.0 Å². The highest BCUT2D eigenvalue weighted by Gasteiger charge is 1.97. The van der Waals surface area contributed by atoms with Gasteiger partial charge in [0.2, 0.25) is 0 Å². The predicted molar refractivity (Wildman–Crippen MR) is 75.6 cm³/mol. The summed E-state index contributed by atoms with van der Waals surface area (Å²) in [7, 11) is 1.91. The molecule has 0 amide bonds. The number of hydrogen-bond acceptors (Lipinski definition) is 3. The highest BCUT2D eigenvalue weighted by molar-refractivity contribution is 4.81.